The van der Waals surface area contributed by atoms with Gasteiger partial charge in [-0.25, -0.2) is 0 Å². The van der Waals surface area contributed by atoms with E-state index in [2.05, 4.69) is 15.6 Å². The number of fused-ring (bicyclic) bond motifs is 1. The molecule has 1 aliphatic heterocycles. The number of anilines is 1. The van der Waals surface area contributed by atoms with Gasteiger partial charge in [0.15, 0.2) is 0 Å². The molecule has 2 heterocycles. The highest BCUT2D eigenvalue weighted by Gasteiger charge is 2.15. The smallest absolute Gasteiger partial charge is 0.141 e. The van der Waals surface area contributed by atoms with Gasteiger partial charge in [-0.1, -0.05) is 0 Å². The maximum absolute atomic E-state index is 9.75. The fourth-order valence-electron chi connectivity index (χ4n) is 2.28. The minimum absolute atomic E-state index is 0. The predicted molar refractivity (Wildman–Crippen MR) is 75.6 cm³/mol. The van der Waals surface area contributed by atoms with Crippen molar-refractivity contribution >= 4 is 29.0 Å². The van der Waals surface area contributed by atoms with Crippen LogP contribution in [0, 0.1) is 0 Å². The summed E-state index contributed by atoms with van der Waals surface area (Å²) in [7, 11) is 0. The highest BCUT2D eigenvalue weighted by molar-refractivity contribution is 5.95. The summed E-state index contributed by atoms with van der Waals surface area (Å²) in [5.74, 6) is 0.232. The molecule has 0 spiro atoms. The van der Waals surface area contributed by atoms with E-state index in [1.54, 1.807) is 12.3 Å². The Morgan fingerprint density at radius 3 is 3.00 bits per heavy atom. The van der Waals surface area contributed by atoms with Crippen LogP contribution < -0.4 is 10.6 Å². The van der Waals surface area contributed by atoms with E-state index in [9.17, 15) is 5.11 Å². The lowest BCUT2D eigenvalue weighted by molar-refractivity contribution is 0.480. The van der Waals surface area contributed by atoms with Crippen LogP contribution in [-0.4, -0.2) is 29.2 Å². The van der Waals surface area contributed by atoms with E-state index in [0.717, 1.165) is 30.6 Å². The van der Waals surface area contributed by atoms with Gasteiger partial charge in [0.25, 0.3) is 0 Å². The van der Waals surface area contributed by atoms with E-state index in [1.165, 1.54) is 0 Å². The van der Waals surface area contributed by atoms with Crippen molar-refractivity contribution in [2.75, 3.05) is 18.4 Å². The lowest BCUT2D eigenvalue weighted by Crippen LogP contribution is -2.22. The molecule has 0 bridgehead atoms. The minimum Gasteiger partial charge on any atom is -0.506 e. The average molecular weight is 266 g/mol. The quantitative estimate of drug-likeness (QED) is 0.728. The first kappa shape index (κ1) is 12.9. The molecule has 0 saturated carbocycles. The Kier molecular flexibility index (Phi) is 3.89. The molecule has 1 aliphatic rings. The molecule has 1 saturated heterocycles. The largest absolute Gasteiger partial charge is 0.506 e. The molecular formula is C13H16ClN3O. The molecule has 3 N–H and O–H groups in total. The standard InChI is InChI=1S/C13H15N3O.ClH/c17-12-4-3-11(16-9-5-7-14-8-9)10-2-1-6-15-13(10)12;/h1-4,6,9,14,16-17H,5,7-8H2;1H/t9-;/m0./s1. The van der Waals surface area contributed by atoms with Gasteiger partial charge in [0.05, 0.1) is 0 Å². The van der Waals surface area contributed by atoms with Gasteiger partial charge >= 0.3 is 0 Å². The van der Waals surface area contributed by atoms with Crippen molar-refractivity contribution in [1.29, 1.82) is 0 Å². The number of aromatic hydroxyl groups is 1. The van der Waals surface area contributed by atoms with Crippen LogP contribution in [0.2, 0.25) is 0 Å². The second kappa shape index (κ2) is 5.42. The highest BCUT2D eigenvalue weighted by atomic mass is 35.5. The number of aromatic nitrogens is 1. The molecule has 2 aromatic rings. The number of rotatable bonds is 2. The van der Waals surface area contributed by atoms with Crippen LogP contribution in [0.3, 0.4) is 0 Å². The average Bonchev–Trinajstić information content (AvgIpc) is 2.86. The SMILES string of the molecule is Cl.Oc1ccc(N[C@H]2CCNC2)c2cccnc12. The van der Waals surface area contributed by atoms with E-state index in [1.807, 2.05) is 18.2 Å². The van der Waals surface area contributed by atoms with Gasteiger partial charge in [-0.2, -0.15) is 0 Å². The first-order chi connectivity index (χ1) is 8.34. The molecule has 0 amide bonds. The molecule has 0 radical (unpaired) electrons. The molecule has 0 aliphatic carbocycles. The van der Waals surface area contributed by atoms with E-state index in [0.29, 0.717) is 11.6 Å². The van der Waals surface area contributed by atoms with Crippen LogP contribution in [0.25, 0.3) is 10.9 Å². The van der Waals surface area contributed by atoms with E-state index in [-0.39, 0.29) is 18.2 Å². The van der Waals surface area contributed by atoms with Crippen LogP contribution in [0.1, 0.15) is 6.42 Å². The third kappa shape index (κ3) is 2.35. The Bertz CT molecular complexity index is 541. The highest BCUT2D eigenvalue weighted by Crippen LogP contribution is 2.29. The maximum atomic E-state index is 9.75. The Balaban J connectivity index is 0.00000120. The summed E-state index contributed by atoms with van der Waals surface area (Å²) in [6.45, 7) is 2.05. The lowest BCUT2D eigenvalue weighted by atomic mass is 10.1. The molecule has 1 aromatic heterocycles. The summed E-state index contributed by atoms with van der Waals surface area (Å²) in [5, 5.41) is 17.5. The number of phenolic OH excluding ortho intramolecular Hbond substituents is 1. The topological polar surface area (TPSA) is 57.2 Å². The van der Waals surface area contributed by atoms with Crippen LogP contribution >= 0.6 is 12.4 Å². The van der Waals surface area contributed by atoms with Gasteiger partial charge in [0, 0.05) is 29.9 Å². The molecule has 4 nitrogen and oxygen atoms in total. The lowest BCUT2D eigenvalue weighted by Gasteiger charge is -2.15. The molecule has 3 rings (SSSR count). The first-order valence-electron chi connectivity index (χ1n) is 5.88. The second-order valence-electron chi connectivity index (χ2n) is 4.37. The molecule has 1 atom stereocenters. The van der Waals surface area contributed by atoms with Gasteiger partial charge in [-0.3, -0.25) is 4.98 Å². The monoisotopic (exact) mass is 265 g/mol. The number of phenols is 1. The zero-order chi connectivity index (χ0) is 11.7. The molecule has 18 heavy (non-hydrogen) atoms. The van der Waals surface area contributed by atoms with Gasteiger partial charge in [-0.05, 0) is 37.2 Å². The molecular weight excluding hydrogens is 250 g/mol. The Morgan fingerprint density at radius 1 is 1.33 bits per heavy atom. The fraction of sp³-hybridized carbons (Fsp3) is 0.308. The zero-order valence-electron chi connectivity index (χ0n) is 9.89. The molecule has 0 unspecified atom stereocenters. The number of hydrogen-bond acceptors (Lipinski definition) is 4. The van der Waals surface area contributed by atoms with Crippen molar-refractivity contribution in [2.45, 2.75) is 12.5 Å². The van der Waals surface area contributed by atoms with Crippen molar-refractivity contribution in [2.24, 2.45) is 0 Å². The third-order valence-electron chi connectivity index (χ3n) is 3.17. The fourth-order valence-corrected chi connectivity index (χ4v) is 2.28. The van der Waals surface area contributed by atoms with Crippen LogP contribution in [0.4, 0.5) is 5.69 Å². The zero-order valence-corrected chi connectivity index (χ0v) is 10.7. The van der Waals surface area contributed by atoms with Crippen LogP contribution in [0.5, 0.6) is 5.75 Å². The Labute approximate surface area is 112 Å². The molecule has 5 heteroatoms. The number of pyridine rings is 1. The van der Waals surface area contributed by atoms with Crippen molar-refractivity contribution in [3.8, 4) is 5.75 Å². The third-order valence-corrected chi connectivity index (χ3v) is 3.17. The normalized spacial score (nSPS) is 18.6. The van der Waals surface area contributed by atoms with Crippen molar-refractivity contribution in [3.63, 3.8) is 0 Å². The van der Waals surface area contributed by atoms with Gasteiger partial charge in [0.1, 0.15) is 11.3 Å². The van der Waals surface area contributed by atoms with Crippen molar-refractivity contribution < 1.29 is 5.11 Å². The van der Waals surface area contributed by atoms with Gasteiger partial charge in [0.2, 0.25) is 0 Å². The summed E-state index contributed by atoms with van der Waals surface area (Å²) >= 11 is 0. The predicted octanol–water partition coefficient (Wildman–Crippen LogP) is 2.14. The minimum atomic E-state index is 0. The number of nitrogens with one attached hydrogen (secondary N) is 2. The maximum Gasteiger partial charge on any atom is 0.141 e. The summed E-state index contributed by atoms with van der Waals surface area (Å²) in [6.07, 6.45) is 2.82. The summed E-state index contributed by atoms with van der Waals surface area (Å²) < 4.78 is 0. The van der Waals surface area contributed by atoms with E-state index >= 15 is 0 Å². The van der Waals surface area contributed by atoms with E-state index < -0.39 is 0 Å². The van der Waals surface area contributed by atoms with Crippen LogP contribution in [0.15, 0.2) is 30.5 Å². The summed E-state index contributed by atoms with van der Waals surface area (Å²) in [4.78, 5) is 4.21. The Morgan fingerprint density at radius 2 is 2.22 bits per heavy atom. The molecule has 96 valence electrons. The summed E-state index contributed by atoms with van der Waals surface area (Å²) in [5.41, 5.74) is 1.70. The van der Waals surface area contributed by atoms with Crippen LogP contribution in [-0.2, 0) is 0 Å². The number of benzene rings is 1. The molecule has 1 fully saturated rings. The Hall–Kier alpha value is -1.52. The summed E-state index contributed by atoms with van der Waals surface area (Å²) in [6, 6.07) is 7.94. The van der Waals surface area contributed by atoms with Gasteiger partial charge in [-0.15, -0.1) is 12.4 Å². The number of halogens is 1. The molecule has 1 aromatic carbocycles. The van der Waals surface area contributed by atoms with Crippen molar-refractivity contribution in [1.82, 2.24) is 10.3 Å². The first-order valence-corrected chi connectivity index (χ1v) is 5.88. The number of hydrogen-bond donors (Lipinski definition) is 3. The van der Waals surface area contributed by atoms with Crippen molar-refractivity contribution in [3.05, 3.63) is 30.5 Å². The van der Waals surface area contributed by atoms with E-state index in [4.69, 9.17) is 0 Å². The number of nitrogens with zero attached hydrogens (tertiary/aromatic N) is 1. The van der Waals surface area contributed by atoms with Gasteiger partial charge < -0.3 is 15.7 Å². The second-order valence-corrected chi connectivity index (χ2v) is 4.37.